The molecule has 0 amide bonds. The SMILES string of the molecule is COCCCSC(C)C(=O)c1ccc(C)c(C)c1. The van der Waals surface area contributed by atoms with Crippen LogP contribution in [0.2, 0.25) is 0 Å². The molecule has 18 heavy (non-hydrogen) atoms. The van der Waals surface area contributed by atoms with Crippen LogP contribution in [0.3, 0.4) is 0 Å². The van der Waals surface area contributed by atoms with Crippen molar-refractivity contribution in [1.82, 2.24) is 0 Å². The maximum absolute atomic E-state index is 12.2. The maximum Gasteiger partial charge on any atom is 0.175 e. The van der Waals surface area contributed by atoms with Crippen LogP contribution < -0.4 is 0 Å². The lowest BCUT2D eigenvalue weighted by Gasteiger charge is -2.11. The van der Waals surface area contributed by atoms with Gasteiger partial charge in [-0.1, -0.05) is 12.1 Å². The highest BCUT2D eigenvalue weighted by Crippen LogP contribution is 2.19. The zero-order chi connectivity index (χ0) is 13.5. The smallest absolute Gasteiger partial charge is 0.175 e. The minimum atomic E-state index is 0.0176. The zero-order valence-electron chi connectivity index (χ0n) is 11.7. The van der Waals surface area contributed by atoms with E-state index in [1.807, 2.05) is 32.0 Å². The van der Waals surface area contributed by atoms with Gasteiger partial charge in [0.15, 0.2) is 5.78 Å². The first-order valence-corrected chi connectivity index (χ1v) is 7.33. The molecule has 3 heteroatoms. The first kappa shape index (κ1) is 15.3. The van der Waals surface area contributed by atoms with Crippen LogP contribution in [0.1, 0.15) is 34.8 Å². The number of rotatable bonds is 7. The van der Waals surface area contributed by atoms with E-state index < -0.39 is 0 Å². The van der Waals surface area contributed by atoms with Crippen LogP contribution >= 0.6 is 11.8 Å². The van der Waals surface area contributed by atoms with E-state index in [4.69, 9.17) is 4.74 Å². The van der Waals surface area contributed by atoms with E-state index in [0.29, 0.717) is 0 Å². The summed E-state index contributed by atoms with van der Waals surface area (Å²) in [6.07, 6.45) is 0.992. The molecule has 1 unspecified atom stereocenters. The van der Waals surface area contributed by atoms with Gasteiger partial charge in [0.05, 0.1) is 5.25 Å². The molecule has 0 aliphatic heterocycles. The van der Waals surface area contributed by atoms with E-state index in [-0.39, 0.29) is 11.0 Å². The van der Waals surface area contributed by atoms with Crippen molar-refractivity contribution >= 4 is 17.5 Å². The van der Waals surface area contributed by atoms with E-state index in [1.54, 1.807) is 18.9 Å². The number of Topliss-reactive ketones (excluding diaryl/α,β-unsaturated/α-hetero) is 1. The lowest BCUT2D eigenvalue weighted by atomic mass is 10.0. The Morgan fingerprint density at radius 3 is 2.67 bits per heavy atom. The molecule has 0 saturated carbocycles. The van der Waals surface area contributed by atoms with Crippen molar-refractivity contribution < 1.29 is 9.53 Å². The van der Waals surface area contributed by atoms with Crippen LogP contribution in [0.25, 0.3) is 0 Å². The number of carbonyl (C=O) groups excluding carboxylic acids is 1. The molecule has 0 fully saturated rings. The molecule has 1 aromatic rings. The fourth-order valence-electron chi connectivity index (χ4n) is 1.67. The minimum Gasteiger partial charge on any atom is -0.385 e. The number of carbonyl (C=O) groups is 1. The predicted molar refractivity (Wildman–Crippen MR) is 78.7 cm³/mol. The highest BCUT2D eigenvalue weighted by atomic mass is 32.2. The normalized spacial score (nSPS) is 12.4. The molecule has 1 atom stereocenters. The van der Waals surface area contributed by atoms with Crippen LogP contribution in [-0.4, -0.2) is 30.5 Å². The van der Waals surface area contributed by atoms with Gasteiger partial charge in [-0.25, -0.2) is 0 Å². The summed E-state index contributed by atoms with van der Waals surface area (Å²) in [6, 6.07) is 5.94. The Hall–Kier alpha value is -0.800. The molecule has 1 aromatic carbocycles. The molecule has 0 saturated heterocycles. The Labute approximate surface area is 114 Å². The third-order valence-electron chi connectivity index (χ3n) is 3.02. The van der Waals surface area contributed by atoms with Gasteiger partial charge in [-0.2, -0.15) is 11.8 Å². The van der Waals surface area contributed by atoms with Gasteiger partial charge in [-0.05, 0) is 50.1 Å². The topological polar surface area (TPSA) is 26.3 Å². The van der Waals surface area contributed by atoms with Crippen molar-refractivity contribution in [3.63, 3.8) is 0 Å². The lowest BCUT2D eigenvalue weighted by molar-refractivity contribution is 0.0994. The summed E-state index contributed by atoms with van der Waals surface area (Å²) in [6.45, 7) is 6.85. The Morgan fingerprint density at radius 1 is 1.33 bits per heavy atom. The number of hydrogen-bond donors (Lipinski definition) is 0. The summed E-state index contributed by atoms with van der Waals surface area (Å²) < 4.78 is 5.00. The molecule has 0 bridgehead atoms. The van der Waals surface area contributed by atoms with Crippen molar-refractivity contribution in [2.75, 3.05) is 19.5 Å². The Balaban J connectivity index is 2.54. The van der Waals surface area contributed by atoms with Crippen LogP contribution in [0, 0.1) is 13.8 Å². The Kier molecular flexibility index (Phi) is 6.44. The van der Waals surface area contributed by atoms with E-state index in [9.17, 15) is 4.79 Å². The van der Waals surface area contributed by atoms with E-state index in [0.717, 1.165) is 24.3 Å². The first-order valence-electron chi connectivity index (χ1n) is 6.28. The Morgan fingerprint density at radius 2 is 2.06 bits per heavy atom. The monoisotopic (exact) mass is 266 g/mol. The number of ether oxygens (including phenoxy) is 1. The standard InChI is InChI=1S/C15H22O2S/c1-11-6-7-14(10-12(11)2)15(16)13(3)18-9-5-8-17-4/h6-7,10,13H,5,8-9H2,1-4H3. The molecule has 0 N–H and O–H groups in total. The summed E-state index contributed by atoms with van der Waals surface area (Å²) in [5, 5.41) is 0.0176. The molecular weight excluding hydrogens is 244 g/mol. The van der Waals surface area contributed by atoms with Gasteiger partial charge in [0.2, 0.25) is 0 Å². The third kappa shape index (κ3) is 4.46. The molecule has 0 aromatic heterocycles. The number of methoxy groups -OCH3 is 1. The van der Waals surface area contributed by atoms with Crippen LogP contribution in [0.15, 0.2) is 18.2 Å². The fraction of sp³-hybridized carbons (Fsp3) is 0.533. The average molecular weight is 266 g/mol. The minimum absolute atomic E-state index is 0.0176. The van der Waals surface area contributed by atoms with Crippen LogP contribution in [0.5, 0.6) is 0 Å². The highest BCUT2D eigenvalue weighted by molar-refractivity contribution is 8.00. The lowest BCUT2D eigenvalue weighted by Crippen LogP contribution is -2.14. The van der Waals surface area contributed by atoms with Gasteiger partial charge in [-0.15, -0.1) is 0 Å². The van der Waals surface area contributed by atoms with Gasteiger partial charge >= 0.3 is 0 Å². The Bertz CT molecular complexity index is 401. The molecule has 0 spiro atoms. The number of ketones is 1. The summed E-state index contributed by atoms with van der Waals surface area (Å²) in [5.41, 5.74) is 3.23. The molecule has 0 aliphatic rings. The largest absolute Gasteiger partial charge is 0.385 e. The van der Waals surface area contributed by atoms with E-state index in [1.165, 1.54) is 11.1 Å². The molecular formula is C15H22O2S. The summed E-state index contributed by atoms with van der Waals surface area (Å²) in [7, 11) is 1.70. The second kappa shape index (κ2) is 7.59. The predicted octanol–water partition coefficient (Wildman–Crippen LogP) is 3.64. The summed E-state index contributed by atoms with van der Waals surface area (Å²) in [5.74, 6) is 1.19. The van der Waals surface area contributed by atoms with E-state index in [2.05, 4.69) is 6.92 Å². The zero-order valence-corrected chi connectivity index (χ0v) is 12.5. The average Bonchev–Trinajstić information content (AvgIpc) is 2.37. The van der Waals surface area contributed by atoms with Crippen molar-refractivity contribution in [2.24, 2.45) is 0 Å². The van der Waals surface area contributed by atoms with Gasteiger partial charge in [0.25, 0.3) is 0 Å². The molecule has 0 aliphatic carbocycles. The third-order valence-corrected chi connectivity index (χ3v) is 4.26. The van der Waals surface area contributed by atoms with Crippen LogP contribution in [0.4, 0.5) is 0 Å². The molecule has 0 radical (unpaired) electrons. The number of thioether (sulfide) groups is 1. The van der Waals surface area contributed by atoms with Crippen LogP contribution in [-0.2, 0) is 4.74 Å². The van der Waals surface area contributed by atoms with Gasteiger partial charge < -0.3 is 4.74 Å². The molecule has 2 nitrogen and oxygen atoms in total. The van der Waals surface area contributed by atoms with Crippen molar-refractivity contribution in [3.8, 4) is 0 Å². The molecule has 100 valence electrons. The van der Waals surface area contributed by atoms with Crippen molar-refractivity contribution in [2.45, 2.75) is 32.4 Å². The second-order valence-electron chi connectivity index (χ2n) is 4.52. The van der Waals surface area contributed by atoms with E-state index >= 15 is 0 Å². The highest BCUT2D eigenvalue weighted by Gasteiger charge is 2.15. The number of hydrogen-bond acceptors (Lipinski definition) is 3. The maximum atomic E-state index is 12.2. The van der Waals surface area contributed by atoms with Gasteiger partial charge in [0, 0.05) is 19.3 Å². The van der Waals surface area contributed by atoms with Gasteiger partial charge in [-0.3, -0.25) is 4.79 Å². The fourth-order valence-corrected chi connectivity index (χ4v) is 2.59. The first-order chi connectivity index (χ1) is 8.56. The summed E-state index contributed by atoms with van der Waals surface area (Å²) >= 11 is 1.70. The van der Waals surface area contributed by atoms with Crippen molar-refractivity contribution in [1.29, 1.82) is 0 Å². The number of benzene rings is 1. The number of aryl methyl sites for hydroxylation is 2. The molecule has 0 heterocycles. The molecule has 1 rings (SSSR count). The second-order valence-corrected chi connectivity index (χ2v) is 5.97. The van der Waals surface area contributed by atoms with Gasteiger partial charge in [0.1, 0.15) is 0 Å². The van der Waals surface area contributed by atoms with Crippen molar-refractivity contribution in [3.05, 3.63) is 34.9 Å². The summed E-state index contributed by atoms with van der Waals surface area (Å²) in [4.78, 5) is 12.2. The quantitative estimate of drug-likeness (QED) is 0.556.